The molecule has 3 heteroatoms. The molecule has 0 radical (unpaired) electrons. The average Bonchev–Trinajstić information content (AvgIpc) is 2.23. The molecule has 0 aliphatic carbocycles. The quantitative estimate of drug-likeness (QED) is 0.366. The standard InChI is InChI=1S/C10H23N.C3H6O.HI/c1-4-5-6-7-8-9-10-11(2)3;1-2-3-4;/h4-10H2,1-3H3;2-4H,1H3;1H. The van der Waals surface area contributed by atoms with Gasteiger partial charge in [0.2, 0.25) is 0 Å². The number of hydrogen-bond donors (Lipinski definition) is 2. The second kappa shape index (κ2) is 20.6. The Morgan fingerprint density at radius 3 is 1.81 bits per heavy atom. The fraction of sp³-hybridized carbons (Fsp3) is 0.846. The summed E-state index contributed by atoms with van der Waals surface area (Å²) < 4.78 is 0. The predicted molar refractivity (Wildman–Crippen MR) is 68.5 cm³/mol. The molecule has 0 aromatic rings. The molecule has 2 N–H and O–H groups in total. The third kappa shape index (κ3) is 29.2. The van der Waals surface area contributed by atoms with E-state index in [0.29, 0.717) is 0 Å². The molecule has 0 spiro atoms. The molecule has 0 fully saturated rings. The van der Waals surface area contributed by atoms with Gasteiger partial charge in [0, 0.05) is 0 Å². The second-order valence-corrected chi connectivity index (χ2v) is 4.21. The minimum Gasteiger partial charge on any atom is -1.00 e. The highest BCUT2D eigenvalue weighted by Crippen LogP contribution is 2.03. The van der Waals surface area contributed by atoms with Gasteiger partial charge in [-0.1, -0.05) is 38.7 Å². The third-order valence-corrected chi connectivity index (χ3v) is 2.18. The first-order chi connectivity index (χ1) is 7.18. The molecular formula is C13H30INO. The molecule has 100 valence electrons. The van der Waals surface area contributed by atoms with Gasteiger partial charge >= 0.3 is 0 Å². The topological polar surface area (TPSA) is 24.7 Å². The van der Waals surface area contributed by atoms with Gasteiger partial charge in [-0.2, -0.15) is 0 Å². The first kappa shape index (κ1) is 21.5. The van der Waals surface area contributed by atoms with Crippen LogP contribution in [0.4, 0.5) is 0 Å². The molecule has 0 aromatic carbocycles. The van der Waals surface area contributed by atoms with E-state index in [9.17, 15) is 0 Å². The van der Waals surface area contributed by atoms with E-state index in [1.807, 2.05) is 0 Å². The number of unbranched alkanes of at least 4 members (excludes halogenated alkanes) is 5. The molecule has 0 aromatic heterocycles. The molecule has 0 heterocycles. The van der Waals surface area contributed by atoms with Gasteiger partial charge in [0.05, 0.1) is 26.9 Å². The Hall–Kier alpha value is 0.230. The maximum absolute atomic E-state index is 7.69. The van der Waals surface area contributed by atoms with Crippen molar-refractivity contribution >= 4 is 0 Å². The lowest BCUT2D eigenvalue weighted by Gasteiger charge is -2.05. The highest BCUT2D eigenvalue weighted by Gasteiger charge is 1.93. The number of halogens is 1. The Balaban J connectivity index is -0.000000292. The van der Waals surface area contributed by atoms with Crippen LogP contribution in [0.3, 0.4) is 0 Å². The minimum absolute atomic E-state index is 0. The summed E-state index contributed by atoms with van der Waals surface area (Å²) >= 11 is 0. The highest BCUT2D eigenvalue weighted by molar-refractivity contribution is 4.60. The normalized spacial score (nSPS) is 9.81. The molecule has 0 unspecified atom stereocenters. The first-order valence-corrected chi connectivity index (χ1v) is 6.23. The maximum atomic E-state index is 7.69. The molecule has 0 saturated heterocycles. The lowest BCUT2D eigenvalue weighted by molar-refractivity contribution is -0.858. The minimum atomic E-state index is 0. The van der Waals surface area contributed by atoms with E-state index >= 15 is 0 Å². The molecule has 0 rings (SSSR count). The predicted octanol–water partition coefficient (Wildman–Crippen LogP) is -0.427. The lowest BCUT2D eigenvalue weighted by atomic mass is 10.1. The van der Waals surface area contributed by atoms with E-state index in [1.165, 1.54) is 45.1 Å². The van der Waals surface area contributed by atoms with Gasteiger partial charge in [0.15, 0.2) is 0 Å². The van der Waals surface area contributed by atoms with Gasteiger partial charge in [0.25, 0.3) is 0 Å². The maximum Gasteiger partial charge on any atom is 0.0766 e. The SMILES string of the molecule is CC=CO.CCCCCCCC[NH+](C)C.[I-]. The summed E-state index contributed by atoms with van der Waals surface area (Å²) in [7, 11) is 4.46. The number of aliphatic hydroxyl groups is 1. The highest BCUT2D eigenvalue weighted by atomic mass is 127. The van der Waals surface area contributed by atoms with E-state index in [-0.39, 0.29) is 24.0 Å². The summed E-state index contributed by atoms with van der Waals surface area (Å²) in [6.07, 6.45) is 11.1. The van der Waals surface area contributed by atoms with Gasteiger partial charge in [-0.3, -0.25) is 0 Å². The van der Waals surface area contributed by atoms with Crippen LogP contribution in [0.5, 0.6) is 0 Å². The molecular weight excluding hydrogens is 313 g/mol. The molecule has 16 heavy (non-hydrogen) atoms. The number of nitrogens with one attached hydrogen (secondary N) is 1. The fourth-order valence-corrected chi connectivity index (χ4v) is 1.26. The van der Waals surface area contributed by atoms with Gasteiger partial charge < -0.3 is 34.0 Å². The van der Waals surface area contributed by atoms with E-state index < -0.39 is 0 Å². The van der Waals surface area contributed by atoms with Crippen molar-refractivity contribution in [2.45, 2.75) is 52.4 Å². The molecule has 0 bridgehead atoms. The van der Waals surface area contributed by atoms with Gasteiger partial charge in [-0.15, -0.1) is 0 Å². The molecule has 0 aliphatic rings. The molecule has 0 aliphatic heterocycles. The van der Waals surface area contributed by atoms with Gasteiger partial charge in [-0.05, 0) is 19.8 Å². The second-order valence-electron chi connectivity index (χ2n) is 4.21. The third-order valence-electron chi connectivity index (χ3n) is 2.18. The van der Waals surface area contributed by atoms with Crippen molar-refractivity contribution in [2.75, 3.05) is 20.6 Å². The summed E-state index contributed by atoms with van der Waals surface area (Å²) in [6.45, 7) is 5.36. The Morgan fingerprint density at radius 1 is 1.00 bits per heavy atom. The number of quaternary nitrogens is 1. The molecule has 0 atom stereocenters. The summed E-state index contributed by atoms with van der Waals surface area (Å²) in [6, 6.07) is 0. The van der Waals surface area contributed by atoms with Gasteiger partial charge in [-0.25, -0.2) is 0 Å². The number of allylic oxidation sites excluding steroid dienone is 1. The Kier molecular flexibility index (Phi) is 27.7. The van der Waals surface area contributed by atoms with Crippen LogP contribution < -0.4 is 28.9 Å². The van der Waals surface area contributed by atoms with Crippen LogP contribution in [0, 0.1) is 0 Å². The smallest absolute Gasteiger partial charge is 0.0766 e. The van der Waals surface area contributed by atoms with Gasteiger partial charge in [0.1, 0.15) is 0 Å². The number of aliphatic hydroxyl groups excluding tert-OH is 1. The zero-order chi connectivity index (χ0) is 11.9. The number of rotatable bonds is 7. The fourth-order valence-electron chi connectivity index (χ4n) is 1.26. The Bertz CT molecular complexity index is 123. The van der Waals surface area contributed by atoms with Crippen molar-refractivity contribution in [1.82, 2.24) is 0 Å². The summed E-state index contributed by atoms with van der Waals surface area (Å²) in [5.41, 5.74) is 0. The summed E-state index contributed by atoms with van der Waals surface area (Å²) in [5, 5.41) is 7.69. The summed E-state index contributed by atoms with van der Waals surface area (Å²) in [5.74, 6) is 0. The first-order valence-electron chi connectivity index (χ1n) is 6.23. The average molecular weight is 343 g/mol. The van der Waals surface area contributed by atoms with E-state index in [2.05, 4.69) is 21.0 Å². The van der Waals surface area contributed by atoms with Crippen molar-refractivity contribution in [1.29, 1.82) is 0 Å². The van der Waals surface area contributed by atoms with Crippen LogP contribution in [0.1, 0.15) is 52.4 Å². The van der Waals surface area contributed by atoms with E-state index in [0.717, 1.165) is 6.26 Å². The monoisotopic (exact) mass is 343 g/mol. The van der Waals surface area contributed by atoms with Crippen LogP contribution in [-0.4, -0.2) is 25.7 Å². The van der Waals surface area contributed by atoms with Crippen molar-refractivity contribution in [2.24, 2.45) is 0 Å². The van der Waals surface area contributed by atoms with Crippen molar-refractivity contribution in [3.63, 3.8) is 0 Å². The van der Waals surface area contributed by atoms with Crippen molar-refractivity contribution < 1.29 is 34.0 Å². The zero-order valence-corrected chi connectivity index (χ0v) is 13.6. The van der Waals surface area contributed by atoms with E-state index in [1.54, 1.807) is 17.9 Å². The Labute approximate surface area is 119 Å². The van der Waals surface area contributed by atoms with Crippen LogP contribution in [0.2, 0.25) is 0 Å². The molecule has 0 amide bonds. The van der Waals surface area contributed by atoms with Crippen molar-refractivity contribution in [3.05, 3.63) is 12.3 Å². The van der Waals surface area contributed by atoms with Crippen LogP contribution in [0.15, 0.2) is 12.3 Å². The molecule has 2 nitrogen and oxygen atoms in total. The van der Waals surface area contributed by atoms with Crippen LogP contribution >= 0.6 is 0 Å². The largest absolute Gasteiger partial charge is 1.00 e. The lowest BCUT2D eigenvalue weighted by Crippen LogP contribution is -3.05. The Morgan fingerprint density at radius 2 is 1.44 bits per heavy atom. The van der Waals surface area contributed by atoms with Crippen LogP contribution in [0.25, 0.3) is 0 Å². The number of hydrogen-bond acceptors (Lipinski definition) is 1. The van der Waals surface area contributed by atoms with Crippen LogP contribution in [-0.2, 0) is 0 Å². The summed E-state index contributed by atoms with van der Waals surface area (Å²) in [4.78, 5) is 1.58. The van der Waals surface area contributed by atoms with Crippen molar-refractivity contribution in [3.8, 4) is 0 Å². The van der Waals surface area contributed by atoms with E-state index in [4.69, 9.17) is 5.11 Å². The molecule has 0 saturated carbocycles. The zero-order valence-electron chi connectivity index (χ0n) is 11.4.